The molecule has 0 aromatic heterocycles. The van der Waals surface area contributed by atoms with E-state index in [1.807, 2.05) is 6.92 Å². The molecule has 6 nitrogen and oxygen atoms in total. The van der Waals surface area contributed by atoms with E-state index in [0.717, 1.165) is 6.07 Å². The first-order valence-electron chi connectivity index (χ1n) is 7.79. The third-order valence-corrected chi connectivity index (χ3v) is 3.76. The van der Waals surface area contributed by atoms with Crippen molar-refractivity contribution in [1.29, 1.82) is 0 Å². The zero-order valence-corrected chi connectivity index (χ0v) is 13.2. The molecule has 23 heavy (non-hydrogen) atoms. The third-order valence-electron chi connectivity index (χ3n) is 3.76. The van der Waals surface area contributed by atoms with Gasteiger partial charge in [-0.1, -0.05) is 6.92 Å². The number of benzene rings is 1. The molecule has 2 rings (SSSR count). The van der Waals surface area contributed by atoms with Crippen LogP contribution in [0.3, 0.4) is 0 Å². The molecule has 1 aromatic carbocycles. The van der Waals surface area contributed by atoms with Gasteiger partial charge in [0.2, 0.25) is 5.91 Å². The Morgan fingerprint density at radius 1 is 1.52 bits per heavy atom. The van der Waals surface area contributed by atoms with Crippen LogP contribution in [0.1, 0.15) is 30.1 Å². The molecule has 1 heterocycles. The highest BCUT2D eigenvalue weighted by molar-refractivity contribution is 6.00. The number of hydrogen-bond donors (Lipinski definition) is 2. The number of carbonyl (C=O) groups excluding carboxylic acids is 2. The second kappa shape index (κ2) is 7.92. The summed E-state index contributed by atoms with van der Waals surface area (Å²) in [4.78, 5) is 26.2. The predicted molar refractivity (Wildman–Crippen MR) is 83.7 cm³/mol. The zero-order valence-electron chi connectivity index (χ0n) is 13.2. The van der Waals surface area contributed by atoms with E-state index in [4.69, 9.17) is 10.5 Å². The van der Waals surface area contributed by atoms with Gasteiger partial charge >= 0.3 is 0 Å². The lowest BCUT2D eigenvalue weighted by Crippen LogP contribution is -2.56. The quantitative estimate of drug-likeness (QED) is 0.762. The summed E-state index contributed by atoms with van der Waals surface area (Å²) >= 11 is 0. The maximum absolute atomic E-state index is 13.6. The van der Waals surface area contributed by atoms with Gasteiger partial charge in [-0.05, 0) is 37.6 Å². The van der Waals surface area contributed by atoms with E-state index in [-0.39, 0.29) is 11.5 Å². The molecule has 0 unspecified atom stereocenters. The van der Waals surface area contributed by atoms with Gasteiger partial charge in [-0.2, -0.15) is 0 Å². The highest BCUT2D eigenvalue weighted by Gasteiger charge is 2.33. The Hall–Kier alpha value is -2.15. The first kappa shape index (κ1) is 17.2. The fourth-order valence-corrected chi connectivity index (χ4v) is 2.58. The molecule has 1 fully saturated rings. The van der Waals surface area contributed by atoms with E-state index in [1.54, 1.807) is 0 Å². The maximum Gasteiger partial charge on any atom is 0.258 e. The van der Waals surface area contributed by atoms with Crippen LogP contribution in [0.4, 0.5) is 4.39 Å². The van der Waals surface area contributed by atoms with Gasteiger partial charge in [0.25, 0.3) is 5.91 Å². The fourth-order valence-electron chi connectivity index (χ4n) is 2.58. The molecule has 3 N–H and O–H groups in total. The Morgan fingerprint density at radius 3 is 3.00 bits per heavy atom. The molecular weight excluding hydrogens is 301 g/mol. The molecule has 1 saturated heterocycles. The lowest BCUT2D eigenvalue weighted by atomic mass is 10.1. The number of piperazine rings is 1. The summed E-state index contributed by atoms with van der Waals surface area (Å²) in [5.41, 5.74) is 5.56. The summed E-state index contributed by atoms with van der Waals surface area (Å²) in [7, 11) is 0. The largest absolute Gasteiger partial charge is 0.493 e. The smallest absolute Gasteiger partial charge is 0.258 e. The second-order valence-electron chi connectivity index (χ2n) is 5.34. The molecule has 7 heteroatoms. The molecule has 0 spiro atoms. The Morgan fingerprint density at radius 2 is 2.30 bits per heavy atom. The molecule has 0 aliphatic carbocycles. The minimum Gasteiger partial charge on any atom is -0.493 e. The summed E-state index contributed by atoms with van der Waals surface area (Å²) < 4.78 is 19.1. The van der Waals surface area contributed by atoms with Crippen molar-refractivity contribution in [3.8, 4) is 5.75 Å². The summed E-state index contributed by atoms with van der Waals surface area (Å²) in [6, 6.07) is 3.29. The Bertz CT molecular complexity index is 580. The van der Waals surface area contributed by atoms with Crippen LogP contribution in [0, 0.1) is 5.82 Å². The number of carbonyl (C=O) groups is 2. The van der Waals surface area contributed by atoms with Gasteiger partial charge in [0.05, 0.1) is 12.2 Å². The lowest BCUT2D eigenvalue weighted by molar-refractivity contribution is -0.127. The van der Waals surface area contributed by atoms with E-state index in [9.17, 15) is 14.0 Å². The number of nitrogens with zero attached hydrogens (tertiary/aromatic N) is 1. The van der Waals surface area contributed by atoms with E-state index >= 15 is 0 Å². The van der Waals surface area contributed by atoms with Crippen molar-refractivity contribution in [3.05, 3.63) is 29.6 Å². The van der Waals surface area contributed by atoms with Gasteiger partial charge < -0.3 is 20.7 Å². The van der Waals surface area contributed by atoms with Crippen LogP contribution in [-0.2, 0) is 4.79 Å². The highest BCUT2D eigenvalue weighted by atomic mass is 19.1. The normalized spacial score (nSPS) is 17.8. The molecule has 1 atom stereocenters. The van der Waals surface area contributed by atoms with Crippen LogP contribution >= 0.6 is 0 Å². The second-order valence-corrected chi connectivity index (χ2v) is 5.34. The Balaban J connectivity index is 2.26. The summed E-state index contributed by atoms with van der Waals surface area (Å²) in [6.07, 6.45) is 1.13. The van der Waals surface area contributed by atoms with E-state index in [0.29, 0.717) is 44.8 Å². The van der Waals surface area contributed by atoms with Crippen LogP contribution in [0.2, 0.25) is 0 Å². The van der Waals surface area contributed by atoms with Crippen molar-refractivity contribution in [1.82, 2.24) is 10.2 Å². The van der Waals surface area contributed by atoms with E-state index < -0.39 is 17.8 Å². The molecule has 1 aliphatic rings. The Kier molecular flexibility index (Phi) is 5.92. The average molecular weight is 323 g/mol. The molecule has 0 radical (unpaired) electrons. The van der Waals surface area contributed by atoms with Crippen LogP contribution in [0.15, 0.2) is 18.2 Å². The fraction of sp³-hybridized carbons (Fsp3) is 0.500. The van der Waals surface area contributed by atoms with Crippen molar-refractivity contribution in [2.45, 2.75) is 25.8 Å². The monoisotopic (exact) mass is 323 g/mol. The number of nitrogens with two attached hydrogens (primary N) is 1. The van der Waals surface area contributed by atoms with Crippen molar-refractivity contribution in [2.75, 3.05) is 26.2 Å². The predicted octanol–water partition coefficient (Wildman–Crippen LogP) is 0.904. The molecule has 1 aromatic rings. The maximum atomic E-state index is 13.6. The highest BCUT2D eigenvalue weighted by Crippen LogP contribution is 2.24. The van der Waals surface area contributed by atoms with Crippen LogP contribution in [0.25, 0.3) is 0 Å². The van der Waals surface area contributed by atoms with Crippen LogP contribution < -0.4 is 15.8 Å². The molecule has 126 valence electrons. The van der Waals surface area contributed by atoms with E-state index in [1.165, 1.54) is 17.0 Å². The summed E-state index contributed by atoms with van der Waals surface area (Å²) in [5, 5.41) is 2.74. The molecule has 0 saturated carbocycles. The topological polar surface area (TPSA) is 84.7 Å². The number of amides is 2. The van der Waals surface area contributed by atoms with Gasteiger partial charge in [-0.15, -0.1) is 0 Å². The Labute approximate surface area is 134 Å². The van der Waals surface area contributed by atoms with Gasteiger partial charge in [0.1, 0.15) is 17.6 Å². The first-order chi connectivity index (χ1) is 11.1. The van der Waals surface area contributed by atoms with Gasteiger partial charge in [-0.3, -0.25) is 9.59 Å². The zero-order chi connectivity index (χ0) is 16.8. The summed E-state index contributed by atoms with van der Waals surface area (Å²) in [6.45, 7) is 3.43. The minimum atomic E-state index is -0.545. The van der Waals surface area contributed by atoms with Crippen molar-refractivity contribution in [2.24, 2.45) is 5.73 Å². The molecule has 2 amide bonds. The molecular formula is C16H22FN3O3. The number of halogens is 1. The first-order valence-corrected chi connectivity index (χ1v) is 7.79. The number of nitrogens with one attached hydrogen (secondary N) is 1. The molecule has 0 bridgehead atoms. The SMILES string of the molecule is CC[C@H]1C(=O)NCCN1C(=O)c1cc(F)ccc1OCCCN. The number of ether oxygens (including phenoxy) is 1. The average Bonchev–Trinajstić information content (AvgIpc) is 2.55. The van der Waals surface area contributed by atoms with Gasteiger partial charge in [-0.25, -0.2) is 4.39 Å². The number of hydrogen-bond acceptors (Lipinski definition) is 4. The van der Waals surface area contributed by atoms with Gasteiger partial charge in [0, 0.05) is 13.1 Å². The van der Waals surface area contributed by atoms with Crippen LogP contribution in [0.5, 0.6) is 5.75 Å². The lowest BCUT2D eigenvalue weighted by Gasteiger charge is -2.34. The van der Waals surface area contributed by atoms with Crippen LogP contribution in [-0.4, -0.2) is 49.0 Å². The van der Waals surface area contributed by atoms with Crippen molar-refractivity contribution < 1.29 is 18.7 Å². The third kappa shape index (κ3) is 3.98. The van der Waals surface area contributed by atoms with Crippen molar-refractivity contribution >= 4 is 11.8 Å². The minimum absolute atomic E-state index is 0.134. The van der Waals surface area contributed by atoms with Gasteiger partial charge in [0.15, 0.2) is 0 Å². The van der Waals surface area contributed by atoms with Crippen molar-refractivity contribution in [3.63, 3.8) is 0 Å². The standard InChI is InChI=1S/C16H22FN3O3/c1-2-13-15(21)19-7-8-20(13)16(22)12-10-11(17)4-5-14(12)23-9-3-6-18/h4-5,10,13H,2-3,6-9,18H2,1H3,(H,19,21)/t13-/m0/s1. The number of rotatable bonds is 6. The summed E-state index contributed by atoms with van der Waals surface area (Å²) in [5.74, 6) is -0.789. The molecule has 1 aliphatic heterocycles. The van der Waals surface area contributed by atoms with E-state index in [2.05, 4.69) is 5.32 Å².